The van der Waals surface area contributed by atoms with E-state index in [0.717, 1.165) is 29.8 Å². The van der Waals surface area contributed by atoms with Crippen molar-refractivity contribution in [2.24, 2.45) is 0 Å². The summed E-state index contributed by atoms with van der Waals surface area (Å²) in [6, 6.07) is 27.6. The van der Waals surface area contributed by atoms with E-state index in [1.165, 1.54) is 79.7 Å². The highest BCUT2D eigenvalue weighted by Gasteiger charge is 2.28. The summed E-state index contributed by atoms with van der Waals surface area (Å²) in [5.74, 6) is -8.43. The fraction of sp³-hybridized carbons (Fsp3) is 0.120. The van der Waals surface area contributed by atoms with Crippen molar-refractivity contribution >= 4 is 56.8 Å². The van der Waals surface area contributed by atoms with Crippen molar-refractivity contribution in [3.8, 4) is 11.5 Å². The summed E-state index contributed by atoms with van der Waals surface area (Å²) in [5, 5.41) is 39.2. The van der Waals surface area contributed by atoms with Crippen LogP contribution in [0, 0.1) is 6.92 Å². The average Bonchev–Trinajstić information content (AvgIpc) is 3.28. The summed E-state index contributed by atoms with van der Waals surface area (Å²) in [5.41, 5.74) is -2.03. The highest BCUT2D eigenvalue weighted by molar-refractivity contribution is 7.91. The summed E-state index contributed by atoms with van der Waals surface area (Å²) in [6.07, 6.45) is -1.19. The molecule has 0 aliphatic heterocycles. The standard InChI is InChI=1S/C50H38O15S/c1-3-43(51)35-23-36(40(48(57)58)25-39(35)47(55)56)44(52)20-28-10-14-31(15-11-28)65-32-16-12-29(13-17-32)21-45(53)37-24-38(42(50(61)62)26-41(37)49(59)60)46(54)22-30-7-5-9-34(19-30)66(63,64)33-8-4-6-27(2)18-33/h4-19,23-26H,3,20-22H2,1-2H3,(H,55,56)(H,57,58)(H,59,60)(H,61,62). The Hall–Kier alpha value is -8.37. The zero-order valence-electron chi connectivity index (χ0n) is 35.1. The fourth-order valence-electron chi connectivity index (χ4n) is 7.09. The lowest BCUT2D eigenvalue weighted by Gasteiger charge is -2.13. The van der Waals surface area contributed by atoms with E-state index < -0.39 is 96.6 Å². The van der Waals surface area contributed by atoms with Gasteiger partial charge in [-0.2, -0.15) is 0 Å². The number of carboxylic acid groups (broad SMARTS) is 4. The molecule has 0 aliphatic rings. The lowest BCUT2D eigenvalue weighted by molar-refractivity contribution is 0.0672. The molecule has 0 bridgehead atoms. The molecule has 0 aliphatic carbocycles. The minimum atomic E-state index is -3.98. The number of ketones is 4. The van der Waals surface area contributed by atoms with Gasteiger partial charge >= 0.3 is 23.9 Å². The third kappa shape index (κ3) is 10.5. The summed E-state index contributed by atoms with van der Waals surface area (Å²) < 4.78 is 32.6. The Balaban J connectivity index is 1.16. The maximum atomic E-state index is 13.7. The number of hydrogen-bond acceptors (Lipinski definition) is 11. The van der Waals surface area contributed by atoms with Crippen molar-refractivity contribution in [2.75, 3.05) is 0 Å². The van der Waals surface area contributed by atoms with Crippen LogP contribution in [-0.2, 0) is 29.1 Å². The first-order chi connectivity index (χ1) is 31.3. The van der Waals surface area contributed by atoms with Crippen LogP contribution >= 0.6 is 0 Å². The zero-order valence-corrected chi connectivity index (χ0v) is 35.9. The van der Waals surface area contributed by atoms with Crippen LogP contribution in [0.25, 0.3) is 0 Å². The van der Waals surface area contributed by atoms with Gasteiger partial charge in [0.2, 0.25) is 9.84 Å². The van der Waals surface area contributed by atoms with Crippen LogP contribution in [0.2, 0.25) is 0 Å². The molecular formula is C50H38O15S. The number of rotatable bonds is 19. The van der Waals surface area contributed by atoms with E-state index >= 15 is 0 Å². The van der Waals surface area contributed by atoms with E-state index in [-0.39, 0.29) is 45.7 Å². The quantitative estimate of drug-likeness (QED) is 0.0557. The first-order valence-electron chi connectivity index (χ1n) is 20.0. The Bertz CT molecular complexity index is 3110. The molecule has 66 heavy (non-hydrogen) atoms. The smallest absolute Gasteiger partial charge is 0.336 e. The molecule has 0 heterocycles. The Morgan fingerprint density at radius 3 is 1.15 bits per heavy atom. The Labute approximate surface area is 376 Å². The van der Waals surface area contributed by atoms with Crippen LogP contribution in [0.5, 0.6) is 11.5 Å². The molecule has 6 rings (SSSR count). The minimum absolute atomic E-state index is 0.0423. The largest absolute Gasteiger partial charge is 0.478 e. The molecule has 0 amide bonds. The second-order valence-corrected chi connectivity index (χ2v) is 17.0. The number of carbonyl (C=O) groups is 8. The van der Waals surface area contributed by atoms with Crippen molar-refractivity contribution in [1.29, 1.82) is 0 Å². The number of Topliss-reactive ketones (excluding diaryl/α,β-unsaturated/α-hetero) is 4. The molecule has 0 aromatic heterocycles. The monoisotopic (exact) mass is 910 g/mol. The van der Waals surface area contributed by atoms with E-state index in [2.05, 4.69) is 0 Å². The number of ether oxygens (including phenoxy) is 1. The van der Waals surface area contributed by atoms with Gasteiger partial charge in [-0.15, -0.1) is 0 Å². The zero-order chi connectivity index (χ0) is 48.0. The number of aromatic carboxylic acids is 4. The first kappa shape index (κ1) is 47.1. The predicted molar refractivity (Wildman–Crippen MR) is 235 cm³/mol. The maximum Gasteiger partial charge on any atom is 0.336 e. The molecule has 0 saturated heterocycles. The van der Waals surface area contributed by atoms with E-state index in [9.17, 15) is 67.2 Å². The summed E-state index contributed by atoms with van der Waals surface area (Å²) >= 11 is 0. The first-order valence-corrected chi connectivity index (χ1v) is 21.4. The van der Waals surface area contributed by atoms with Gasteiger partial charge < -0.3 is 25.2 Å². The molecule has 16 heteroatoms. The van der Waals surface area contributed by atoms with Gasteiger partial charge in [0.05, 0.1) is 32.0 Å². The van der Waals surface area contributed by atoms with Crippen molar-refractivity contribution in [2.45, 2.75) is 49.3 Å². The van der Waals surface area contributed by atoms with Crippen molar-refractivity contribution in [3.63, 3.8) is 0 Å². The summed E-state index contributed by atoms with van der Waals surface area (Å²) in [7, 11) is -3.98. The Morgan fingerprint density at radius 1 is 0.424 bits per heavy atom. The van der Waals surface area contributed by atoms with Crippen LogP contribution in [0.15, 0.2) is 131 Å². The normalized spacial score (nSPS) is 11.1. The lowest BCUT2D eigenvalue weighted by Crippen LogP contribution is -2.18. The molecule has 6 aromatic rings. The van der Waals surface area contributed by atoms with Gasteiger partial charge in [-0.1, -0.05) is 55.5 Å². The molecule has 4 N–H and O–H groups in total. The van der Waals surface area contributed by atoms with E-state index in [1.54, 1.807) is 31.2 Å². The van der Waals surface area contributed by atoms with Gasteiger partial charge in [0, 0.05) is 47.9 Å². The van der Waals surface area contributed by atoms with Gasteiger partial charge in [-0.3, -0.25) is 19.2 Å². The number of benzene rings is 6. The molecule has 0 unspecified atom stereocenters. The van der Waals surface area contributed by atoms with E-state index in [0.29, 0.717) is 22.6 Å². The predicted octanol–water partition coefficient (Wildman–Crippen LogP) is 8.28. The topological polar surface area (TPSA) is 261 Å². The third-order valence-corrected chi connectivity index (χ3v) is 12.2. The molecule has 0 saturated carbocycles. The molecule has 0 spiro atoms. The van der Waals surface area contributed by atoms with Crippen molar-refractivity contribution < 1.29 is 71.9 Å². The fourth-order valence-corrected chi connectivity index (χ4v) is 8.53. The van der Waals surface area contributed by atoms with Crippen LogP contribution < -0.4 is 4.74 Å². The number of hydrogen-bond donors (Lipinski definition) is 4. The minimum Gasteiger partial charge on any atom is -0.478 e. The van der Waals surface area contributed by atoms with Crippen LogP contribution in [-0.4, -0.2) is 75.9 Å². The van der Waals surface area contributed by atoms with Gasteiger partial charge in [0.1, 0.15) is 11.5 Å². The number of sulfone groups is 1. The Kier molecular flexibility index (Phi) is 14.0. The molecule has 0 atom stereocenters. The van der Waals surface area contributed by atoms with Gasteiger partial charge in [0.25, 0.3) is 0 Å². The highest BCUT2D eigenvalue weighted by Crippen LogP contribution is 2.28. The highest BCUT2D eigenvalue weighted by atomic mass is 32.2. The van der Waals surface area contributed by atoms with Crippen molar-refractivity contribution in [3.05, 3.63) is 188 Å². The molecule has 0 fully saturated rings. The van der Waals surface area contributed by atoms with Gasteiger partial charge in [-0.05, 0) is 102 Å². The number of carbonyl (C=O) groups excluding carboxylic acids is 4. The second kappa shape index (κ2) is 19.6. The van der Waals surface area contributed by atoms with Crippen LogP contribution in [0.1, 0.15) is 118 Å². The number of carboxylic acids is 4. The maximum absolute atomic E-state index is 13.7. The Morgan fingerprint density at radius 2 is 0.773 bits per heavy atom. The van der Waals surface area contributed by atoms with Crippen molar-refractivity contribution in [1.82, 2.24) is 0 Å². The second-order valence-electron chi connectivity index (χ2n) is 15.0. The molecule has 334 valence electrons. The van der Waals surface area contributed by atoms with Gasteiger partial charge in [-0.25, -0.2) is 27.6 Å². The van der Waals surface area contributed by atoms with Crippen LogP contribution in [0.3, 0.4) is 0 Å². The molecule has 15 nitrogen and oxygen atoms in total. The SMILES string of the molecule is CCC(=O)c1cc(C(=O)Cc2ccc(Oc3ccc(CC(=O)c4cc(C(=O)Cc5cccc(S(=O)(=O)c6cccc(C)c6)c5)c(C(=O)O)cc4C(=O)O)cc3)cc2)c(C(=O)O)cc1C(=O)O. The third-order valence-electron chi connectivity index (χ3n) is 10.4. The van der Waals surface area contributed by atoms with Crippen LogP contribution in [0.4, 0.5) is 0 Å². The lowest BCUT2D eigenvalue weighted by atomic mass is 9.90. The molecule has 0 radical (unpaired) electrons. The summed E-state index contributed by atoms with van der Waals surface area (Å²) in [4.78, 5) is 101. The molecule has 6 aromatic carbocycles. The van der Waals surface area contributed by atoms with E-state index in [4.69, 9.17) is 4.74 Å². The average molecular weight is 911 g/mol. The number of aryl methyl sites for hydroxylation is 1. The summed E-state index contributed by atoms with van der Waals surface area (Å²) in [6.45, 7) is 3.24. The molecular weight excluding hydrogens is 873 g/mol. The van der Waals surface area contributed by atoms with Gasteiger partial charge in [0.15, 0.2) is 23.1 Å². The van der Waals surface area contributed by atoms with E-state index in [1.807, 2.05) is 0 Å².